The summed E-state index contributed by atoms with van der Waals surface area (Å²) in [4.78, 5) is 22.6. The van der Waals surface area contributed by atoms with Crippen molar-refractivity contribution in [2.75, 3.05) is 18.4 Å². The third-order valence-electron chi connectivity index (χ3n) is 4.02. The molecule has 1 saturated carbocycles. The SMILES string of the molecule is Cl.NC1(C(=O)NCCNc2ccccc2[N+](=O)[O-])CCCCC1. The number of nitro benzene ring substituents is 1. The van der Waals surface area contributed by atoms with E-state index in [1.807, 2.05) is 0 Å². The van der Waals surface area contributed by atoms with Crippen molar-refractivity contribution in [1.29, 1.82) is 0 Å². The smallest absolute Gasteiger partial charge is 0.292 e. The average Bonchev–Trinajstić information content (AvgIpc) is 2.52. The Hall–Kier alpha value is -1.86. The molecule has 0 saturated heterocycles. The van der Waals surface area contributed by atoms with Gasteiger partial charge in [-0.15, -0.1) is 12.4 Å². The van der Waals surface area contributed by atoms with Crippen molar-refractivity contribution in [3.63, 3.8) is 0 Å². The Morgan fingerprint density at radius 2 is 1.87 bits per heavy atom. The van der Waals surface area contributed by atoms with E-state index >= 15 is 0 Å². The van der Waals surface area contributed by atoms with Gasteiger partial charge in [-0.1, -0.05) is 31.4 Å². The molecule has 1 aliphatic rings. The second kappa shape index (κ2) is 8.69. The number of nitrogens with one attached hydrogen (secondary N) is 2. The Kier molecular flexibility index (Phi) is 7.25. The van der Waals surface area contributed by atoms with Gasteiger partial charge in [0.2, 0.25) is 5.91 Å². The molecule has 0 spiro atoms. The standard InChI is InChI=1S/C15H22N4O3.ClH/c16-15(8-4-1-5-9-15)14(20)18-11-10-17-12-6-2-3-7-13(12)19(21)22;/h2-3,6-7,17H,1,4-5,8-11,16H2,(H,18,20);1H. The number of hydrogen-bond donors (Lipinski definition) is 3. The average molecular weight is 343 g/mol. The Morgan fingerprint density at radius 1 is 1.22 bits per heavy atom. The lowest BCUT2D eigenvalue weighted by molar-refractivity contribution is -0.384. The van der Waals surface area contributed by atoms with E-state index in [0.29, 0.717) is 18.8 Å². The van der Waals surface area contributed by atoms with E-state index in [9.17, 15) is 14.9 Å². The number of nitro groups is 1. The van der Waals surface area contributed by atoms with Crippen LogP contribution >= 0.6 is 12.4 Å². The van der Waals surface area contributed by atoms with E-state index in [2.05, 4.69) is 10.6 Å². The zero-order chi connectivity index (χ0) is 16.0. The third kappa shape index (κ3) is 5.07. The monoisotopic (exact) mass is 342 g/mol. The molecule has 0 radical (unpaired) electrons. The lowest BCUT2D eigenvalue weighted by Gasteiger charge is -2.31. The first-order valence-corrected chi connectivity index (χ1v) is 7.57. The number of hydrogen-bond acceptors (Lipinski definition) is 5. The maximum absolute atomic E-state index is 12.1. The first-order valence-electron chi connectivity index (χ1n) is 7.57. The van der Waals surface area contributed by atoms with Crippen molar-refractivity contribution in [2.45, 2.75) is 37.6 Å². The Labute approximate surface area is 141 Å². The molecule has 8 heteroatoms. The van der Waals surface area contributed by atoms with Crippen molar-refractivity contribution < 1.29 is 9.72 Å². The molecule has 4 N–H and O–H groups in total. The van der Waals surface area contributed by atoms with Gasteiger partial charge in [0.25, 0.3) is 5.69 Å². The van der Waals surface area contributed by atoms with E-state index in [1.165, 1.54) is 6.07 Å². The van der Waals surface area contributed by atoms with Crippen molar-refractivity contribution in [3.8, 4) is 0 Å². The van der Waals surface area contributed by atoms with Gasteiger partial charge in [-0.2, -0.15) is 0 Å². The highest BCUT2D eigenvalue weighted by Crippen LogP contribution is 2.26. The molecule has 1 fully saturated rings. The highest BCUT2D eigenvalue weighted by molar-refractivity contribution is 5.86. The summed E-state index contributed by atoms with van der Waals surface area (Å²) in [5, 5.41) is 16.7. The summed E-state index contributed by atoms with van der Waals surface area (Å²) >= 11 is 0. The second-order valence-corrected chi connectivity index (χ2v) is 5.67. The fourth-order valence-electron chi connectivity index (χ4n) is 2.74. The minimum absolute atomic E-state index is 0. The van der Waals surface area contributed by atoms with Gasteiger partial charge in [-0.05, 0) is 18.9 Å². The summed E-state index contributed by atoms with van der Waals surface area (Å²) in [7, 11) is 0. The molecule has 1 amide bonds. The predicted octanol–water partition coefficient (Wildman–Crippen LogP) is 2.21. The highest BCUT2D eigenvalue weighted by Gasteiger charge is 2.34. The zero-order valence-electron chi connectivity index (χ0n) is 12.9. The normalized spacial score (nSPS) is 16.0. The van der Waals surface area contributed by atoms with Crippen molar-refractivity contribution in [1.82, 2.24) is 5.32 Å². The van der Waals surface area contributed by atoms with Crippen LogP contribution in [0.5, 0.6) is 0 Å². The van der Waals surface area contributed by atoms with E-state index in [1.54, 1.807) is 18.2 Å². The Morgan fingerprint density at radius 3 is 2.52 bits per heavy atom. The maximum Gasteiger partial charge on any atom is 0.292 e. The molecule has 0 unspecified atom stereocenters. The van der Waals surface area contributed by atoms with Crippen molar-refractivity contribution in [3.05, 3.63) is 34.4 Å². The maximum atomic E-state index is 12.1. The number of nitrogens with zero attached hydrogens (tertiary/aromatic N) is 1. The van der Waals surface area contributed by atoms with Crippen LogP contribution in [0.1, 0.15) is 32.1 Å². The zero-order valence-corrected chi connectivity index (χ0v) is 13.7. The van der Waals surface area contributed by atoms with Crippen LogP contribution in [0.3, 0.4) is 0 Å². The van der Waals surface area contributed by atoms with Gasteiger partial charge >= 0.3 is 0 Å². The van der Waals surface area contributed by atoms with Crippen LogP contribution in [-0.2, 0) is 4.79 Å². The molecule has 23 heavy (non-hydrogen) atoms. The second-order valence-electron chi connectivity index (χ2n) is 5.67. The van der Waals surface area contributed by atoms with E-state index in [4.69, 9.17) is 5.73 Å². The fraction of sp³-hybridized carbons (Fsp3) is 0.533. The van der Waals surface area contributed by atoms with E-state index in [0.717, 1.165) is 32.1 Å². The molecule has 7 nitrogen and oxygen atoms in total. The summed E-state index contributed by atoms with van der Waals surface area (Å²) in [6.45, 7) is 0.788. The van der Waals surface area contributed by atoms with Crippen LogP contribution in [0.15, 0.2) is 24.3 Å². The molecule has 1 aromatic rings. The number of benzene rings is 1. The van der Waals surface area contributed by atoms with E-state index in [-0.39, 0.29) is 24.0 Å². The highest BCUT2D eigenvalue weighted by atomic mass is 35.5. The minimum Gasteiger partial charge on any atom is -0.378 e. The van der Waals surface area contributed by atoms with Crippen molar-refractivity contribution >= 4 is 29.7 Å². The number of anilines is 1. The van der Waals surface area contributed by atoms with Crippen molar-refractivity contribution in [2.24, 2.45) is 5.73 Å². The van der Waals surface area contributed by atoms with Crippen LogP contribution in [0, 0.1) is 10.1 Å². The number of para-hydroxylation sites is 2. The number of amides is 1. The summed E-state index contributed by atoms with van der Waals surface area (Å²) in [6, 6.07) is 6.43. The number of nitrogens with two attached hydrogens (primary N) is 1. The van der Waals surface area contributed by atoms with Crippen LogP contribution in [0.25, 0.3) is 0 Å². The molecule has 2 rings (SSSR count). The molecular weight excluding hydrogens is 320 g/mol. The quantitative estimate of drug-likeness (QED) is 0.417. The van der Waals surface area contributed by atoms with Crippen LogP contribution < -0.4 is 16.4 Å². The van der Waals surface area contributed by atoms with Gasteiger partial charge in [0.05, 0.1) is 10.5 Å². The first-order chi connectivity index (χ1) is 10.5. The summed E-state index contributed by atoms with van der Waals surface area (Å²) in [5.74, 6) is -0.128. The number of rotatable bonds is 6. The molecule has 0 atom stereocenters. The molecule has 1 aromatic carbocycles. The third-order valence-corrected chi connectivity index (χ3v) is 4.02. The van der Waals surface area contributed by atoms with Gasteiger partial charge in [0, 0.05) is 19.2 Å². The fourth-order valence-corrected chi connectivity index (χ4v) is 2.74. The number of halogens is 1. The van der Waals surface area contributed by atoms with Gasteiger partial charge < -0.3 is 16.4 Å². The number of carbonyl (C=O) groups excluding carboxylic acids is 1. The molecule has 0 bridgehead atoms. The molecule has 1 aliphatic carbocycles. The van der Waals surface area contributed by atoms with Crippen LogP contribution in [0.4, 0.5) is 11.4 Å². The summed E-state index contributed by atoms with van der Waals surface area (Å²) < 4.78 is 0. The largest absolute Gasteiger partial charge is 0.378 e. The molecule has 0 heterocycles. The number of carbonyl (C=O) groups is 1. The minimum atomic E-state index is -0.753. The van der Waals surface area contributed by atoms with Crippen LogP contribution in [0.2, 0.25) is 0 Å². The van der Waals surface area contributed by atoms with Gasteiger partial charge in [0.15, 0.2) is 0 Å². The first kappa shape index (κ1) is 19.2. The van der Waals surface area contributed by atoms with E-state index < -0.39 is 10.5 Å². The Balaban J connectivity index is 0.00000264. The molecule has 0 aliphatic heterocycles. The summed E-state index contributed by atoms with van der Waals surface area (Å²) in [6.07, 6.45) is 4.54. The molecular formula is C15H23ClN4O3. The van der Waals surface area contributed by atoms with Gasteiger partial charge in [-0.3, -0.25) is 14.9 Å². The lowest BCUT2D eigenvalue weighted by atomic mass is 9.82. The summed E-state index contributed by atoms with van der Waals surface area (Å²) in [5.41, 5.74) is 5.86. The Bertz CT molecular complexity index is 547. The molecule has 128 valence electrons. The van der Waals surface area contributed by atoms with Gasteiger partial charge in [0.1, 0.15) is 5.69 Å². The topological polar surface area (TPSA) is 110 Å². The molecule has 0 aromatic heterocycles. The van der Waals surface area contributed by atoms with Gasteiger partial charge in [-0.25, -0.2) is 0 Å². The predicted molar refractivity (Wildman–Crippen MR) is 91.8 cm³/mol. The lowest BCUT2D eigenvalue weighted by Crippen LogP contribution is -2.55. The van der Waals surface area contributed by atoms with Crippen LogP contribution in [-0.4, -0.2) is 29.5 Å².